The summed E-state index contributed by atoms with van der Waals surface area (Å²) in [6.07, 6.45) is -10.1. The van der Waals surface area contributed by atoms with E-state index in [1.54, 1.807) is 6.07 Å². The zero-order chi connectivity index (χ0) is 31.8. The van der Waals surface area contributed by atoms with Gasteiger partial charge in [0.1, 0.15) is 17.2 Å². The Morgan fingerprint density at radius 3 is 2.05 bits per heavy atom. The number of aromatic carboxylic acids is 1. The van der Waals surface area contributed by atoms with Crippen LogP contribution in [-0.4, -0.2) is 39.0 Å². The summed E-state index contributed by atoms with van der Waals surface area (Å²) in [5.74, 6) is -3.51. The van der Waals surface area contributed by atoms with Crippen LogP contribution < -0.4 is 9.47 Å². The number of alkyl halides is 6. The molecule has 0 spiro atoms. The number of carboxylic acids is 1. The zero-order valence-electron chi connectivity index (χ0n) is 21.7. The van der Waals surface area contributed by atoms with Crippen LogP contribution in [0.1, 0.15) is 10.4 Å². The van der Waals surface area contributed by atoms with Gasteiger partial charge in [0.2, 0.25) is 5.88 Å². The van der Waals surface area contributed by atoms with Gasteiger partial charge >= 0.3 is 18.7 Å². The number of aromatic nitrogens is 1. The molecule has 4 N–H and O–H groups in total. The van der Waals surface area contributed by atoms with Crippen LogP contribution in [0, 0.1) is 0 Å². The van der Waals surface area contributed by atoms with Gasteiger partial charge in [0, 0.05) is 16.5 Å². The number of benzene rings is 4. The smallest absolute Gasteiger partial charge is 0.505 e. The molecule has 44 heavy (non-hydrogen) atoms. The number of azo groups is 1. The SMILES string of the molecule is O=C(O)c1cccc(-c2cccc(N=Nc3c(O)[nH]c4c(-c5ccc(OC(F)(F)F)cc5)cc(OC(F)(F)F)cc34)c2O)c1. The van der Waals surface area contributed by atoms with E-state index in [1.807, 2.05) is 0 Å². The number of halogens is 6. The average Bonchev–Trinajstić information content (AvgIpc) is 3.25. The number of rotatable bonds is 7. The molecule has 1 heterocycles. The molecule has 0 aliphatic rings. The highest BCUT2D eigenvalue weighted by Gasteiger charge is 2.33. The van der Waals surface area contributed by atoms with Crippen molar-refractivity contribution in [2.75, 3.05) is 0 Å². The van der Waals surface area contributed by atoms with Crippen LogP contribution >= 0.6 is 0 Å². The molecule has 0 saturated heterocycles. The molecule has 1 aromatic heterocycles. The Morgan fingerprint density at radius 2 is 1.39 bits per heavy atom. The first-order valence-electron chi connectivity index (χ1n) is 12.3. The van der Waals surface area contributed by atoms with Gasteiger partial charge in [0.05, 0.1) is 11.1 Å². The number of hydrogen-bond donors (Lipinski definition) is 4. The maximum absolute atomic E-state index is 13.1. The Bertz CT molecular complexity index is 1900. The third-order valence-corrected chi connectivity index (χ3v) is 6.16. The molecule has 0 aliphatic heterocycles. The van der Waals surface area contributed by atoms with E-state index >= 15 is 0 Å². The number of carbonyl (C=O) groups is 1. The van der Waals surface area contributed by atoms with Crippen molar-refractivity contribution in [1.29, 1.82) is 0 Å². The Kier molecular flexibility index (Phi) is 7.55. The predicted molar refractivity (Wildman–Crippen MR) is 143 cm³/mol. The number of phenols is 1. The van der Waals surface area contributed by atoms with Crippen molar-refractivity contribution < 1.29 is 55.9 Å². The second-order valence-electron chi connectivity index (χ2n) is 9.09. The van der Waals surface area contributed by atoms with Gasteiger partial charge < -0.3 is 29.8 Å². The fourth-order valence-electron chi connectivity index (χ4n) is 4.37. The summed E-state index contributed by atoms with van der Waals surface area (Å²) in [5.41, 5.74) is 0.222. The highest BCUT2D eigenvalue weighted by molar-refractivity contribution is 6.03. The fourth-order valence-corrected chi connectivity index (χ4v) is 4.37. The lowest BCUT2D eigenvalue weighted by atomic mass is 10.0. The van der Waals surface area contributed by atoms with E-state index in [9.17, 15) is 46.5 Å². The third kappa shape index (κ3) is 6.51. The van der Waals surface area contributed by atoms with Gasteiger partial charge in [-0.3, -0.25) is 0 Å². The first-order valence-corrected chi connectivity index (χ1v) is 12.3. The van der Waals surface area contributed by atoms with E-state index in [2.05, 4.69) is 24.7 Å². The summed E-state index contributed by atoms with van der Waals surface area (Å²) in [7, 11) is 0. The molecule has 0 aliphatic carbocycles. The van der Waals surface area contributed by atoms with Crippen molar-refractivity contribution in [2.24, 2.45) is 10.2 Å². The molecule has 0 unspecified atom stereocenters. The third-order valence-electron chi connectivity index (χ3n) is 6.16. The Hall–Kier alpha value is -5.73. The van der Waals surface area contributed by atoms with E-state index in [-0.39, 0.29) is 44.5 Å². The number of fused-ring (bicyclic) bond motifs is 1. The molecular formula is C29H17F6N3O6. The predicted octanol–water partition coefficient (Wildman–Crippen LogP) is 8.82. The Balaban J connectivity index is 1.58. The normalized spacial score (nSPS) is 12.1. The number of aromatic hydroxyl groups is 2. The van der Waals surface area contributed by atoms with Crippen LogP contribution in [0.25, 0.3) is 33.2 Å². The van der Waals surface area contributed by atoms with Gasteiger partial charge in [0.15, 0.2) is 11.4 Å². The second kappa shape index (κ2) is 11.2. The molecule has 15 heteroatoms. The van der Waals surface area contributed by atoms with Crippen LogP contribution in [0.5, 0.6) is 23.1 Å². The van der Waals surface area contributed by atoms with Crippen molar-refractivity contribution in [3.63, 3.8) is 0 Å². The highest BCUT2D eigenvalue weighted by atomic mass is 19.4. The van der Waals surface area contributed by atoms with E-state index in [4.69, 9.17) is 0 Å². The fraction of sp³-hybridized carbons (Fsp3) is 0.0690. The molecule has 4 aromatic carbocycles. The van der Waals surface area contributed by atoms with Crippen molar-refractivity contribution in [3.05, 3.63) is 84.4 Å². The number of H-pyrrole nitrogens is 1. The topological polar surface area (TPSA) is 137 Å². The molecule has 9 nitrogen and oxygen atoms in total. The number of para-hydroxylation sites is 1. The lowest BCUT2D eigenvalue weighted by Gasteiger charge is -2.13. The molecule has 5 aromatic rings. The van der Waals surface area contributed by atoms with Crippen molar-refractivity contribution in [1.82, 2.24) is 4.98 Å². The molecule has 0 saturated carbocycles. The van der Waals surface area contributed by atoms with E-state index < -0.39 is 41.8 Å². The minimum atomic E-state index is -5.11. The van der Waals surface area contributed by atoms with Crippen molar-refractivity contribution >= 4 is 28.2 Å². The highest BCUT2D eigenvalue weighted by Crippen LogP contribution is 2.45. The molecule has 0 radical (unpaired) electrons. The van der Waals surface area contributed by atoms with Crippen LogP contribution in [0.15, 0.2) is 89.1 Å². The minimum Gasteiger partial charge on any atom is -0.505 e. The molecule has 0 fully saturated rings. The Morgan fingerprint density at radius 1 is 0.727 bits per heavy atom. The van der Waals surface area contributed by atoms with Crippen LogP contribution in [0.3, 0.4) is 0 Å². The Labute approximate surface area is 242 Å². The van der Waals surface area contributed by atoms with Gasteiger partial charge in [-0.2, -0.15) is 0 Å². The monoisotopic (exact) mass is 617 g/mol. The van der Waals surface area contributed by atoms with Crippen LogP contribution in [0.4, 0.5) is 37.7 Å². The number of aromatic amines is 1. The van der Waals surface area contributed by atoms with E-state index in [0.29, 0.717) is 5.56 Å². The maximum atomic E-state index is 13.1. The minimum absolute atomic E-state index is 0.000200. The number of hydrogen-bond acceptors (Lipinski definition) is 7. The van der Waals surface area contributed by atoms with Gasteiger partial charge in [-0.25, -0.2) is 4.79 Å². The number of ether oxygens (including phenoxy) is 2. The summed E-state index contributed by atoms with van der Waals surface area (Å²) in [4.78, 5) is 13.9. The second-order valence-corrected chi connectivity index (χ2v) is 9.09. The van der Waals surface area contributed by atoms with Crippen LogP contribution in [0.2, 0.25) is 0 Å². The van der Waals surface area contributed by atoms with Crippen molar-refractivity contribution in [3.8, 4) is 45.4 Å². The quantitative estimate of drug-likeness (QED) is 0.106. The summed E-state index contributed by atoms with van der Waals surface area (Å²) in [6.45, 7) is 0. The molecular weight excluding hydrogens is 600 g/mol. The summed E-state index contributed by atoms with van der Waals surface area (Å²) < 4.78 is 85.1. The molecule has 0 amide bonds. The van der Waals surface area contributed by atoms with Gasteiger partial charge in [-0.1, -0.05) is 36.4 Å². The standard InChI is InChI=1S/C29H17F6N3O6/c30-28(31,32)43-17-9-7-14(8-10-17)20-12-18(44-29(33,34)35)13-21-23(20)36-26(40)24(21)38-37-22-6-2-5-19(25(22)39)15-3-1-4-16(11-15)27(41)42/h1-13,36,39-40H,(H,41,42). The number of phenolic OH excluding ortho intramolecular Hbond substituents is 1. The lowest BCUT2D eigenvalue weighted by molar-refractivity contribution is -0.275. The van der Waals surface area contributed by atoms with Gasteiger partial charge in [-0.05, 0) is 53.6 Å². The molecule has 226 valence electrons. The van der Waals surface area contributed by atoms with Gasteiger partial charge in [0.25, 0.3) is 0 Å². The largest absolute Gasteiger partial charge is 0.573 e. The summed E-state index contributed by atoms with van der Waals surface area (Å²) in [5, 5.41) is 38.5. The summed E-state index contributed by atoms with van der Waals surface area (Å²) in [6, 6.07) is 16.2. The first-order chi connectivity index (χ1) is 20.7. The molecule has 0 atom stereocenters. The number of nitrogens with one attached hydrogen (secondary N) is 1. The lowest BCUT2D eigenvalue weighted by Crippen LogP contribution is -2.17. The van der Waals surface area contributed by atoms with Crippen LogP contribution in [-0.2, 0) is 0 Å². The molecule has 5 rings (SSSR count). The maximum Gasteiger partial charge on any atom is 0.573 e. The van der Waals surface area contributed by atoms with Crippen molar-refractivity contribution in [2.45, 2.75) is 12.7 Å². The first kappa shape index (κ1) is 29.8. The van der Waals surface area contributed by atoms with E-state index in [1.165, 1.54) is 36.4 Å². The number of carboxylic acid groups (broad SMARTS) is 1. The van der Waals surface area contributed by atoms with Gasteiger partial charge in [-0.15, -0.1) is 36.6 Å². The van der Waals surface area contributed by atoms with E-state index in [0.717, 1.165) is 36.4 Å². The molecule has 0 bridgehead atoms. The average molecular weight is 617 g/mol. The number of nitrogens with zero attached hydrogens (tertiary/aromatic N) is 2. The zero-order valence-corrected chi connectivity index (χ0v) is 21.7. The summed E-state index contributed by atoms with van der Waals surface area (Å²) >= 11 is 0.